The van der Waals surface area contributed by atoms with E-state index in [1.165, 1.54) is 23.1 Å². The van der Waals surface area contributed by atoms with Gasteiger partial charge in [0.1, 0.15) is 17.5 Å². The second kappa shape index (κ2) is 9.68. The molecule has 5 nitrogen and oxygen atoms in total. The van der Waals surface area contributed by atoms with Crippen LogP contribution < -0.4 is 9.47 Å². The third-order valence-electron chi connectivity index (χ3n) is 4.53. The quantitative estimate of drug-likeness (QED) is 0.330. The number of nitrogens with zero attached hydrogens (tertiary/aromatic N) is 1. The van der Waals surface area contributed by atoms with Crippen LogP contribution in [-0.2, 0) is 11.4 Å². The fourth-order valence-corrected chi connectivity index (χ4v) is 5.69. The lowest BCUT2D eigenvalue weighted by molar-refractivity contribution is -0.114. The van der Waals surface area contributed by atoms with E-state index in [4.69, 9.17) is 14.9 Å². The zero-order valence-corrected chi connectivity index (χ0v) is 21.0. The second-order valence-electron chi connectivity index (χ2n) is 6.59. The number of halogens is 2. The van der Waals surface area contributed by atoms with Crippen molar-refractivity contribution >= 4 is 71.9 Å². The highest BCUT2D eigenvalue weighted by Crippen LogP contribution is 2.43. The maximum atomic E-state index is 12.9. The molecule has 0 spiro atoms. The number of hydrogen-bond acceptors (Lipinski definition) is 7. The van der Waals surface area contributed by atoms with Crippen molar-refractivity contribution in [1.29, 1.82) is 5.41 Å². The van der Waals surface area contributed by atoms with Crippen molar-refractivity contribution in [3.8, 4) is 11.5 Å². The first kappa shape index (κ1) is 22.3. The van der Waals surface area contributed by atoms with Gasteiger partial charge in [-0.05, 0) is 57.4 Å². The topological polar surface area (TPSA) is 72.3 Å². The van der Waals surface area contributed by atoms with Crippen LogP contribution >= 0.6 is 55.0 Å². The van der Waals surface area contributed by atoms with Gasteiger partial charge in [-0.3, -0.25) is 10.2 Å². The Morgan fingerprint density at radius 3 is 2.68 bits per heavy atom. The Morgan fingerprint density at radius 2 is 2.00 bits per heavy atom. The smallest absolute Gasteiger partial charge is 0.186 e. The Kier molecular flexibility index (Phi) is 6.95. The molecule has 31 heavy (non-hydrogen) atoms. The molecule has 0 aliphatic carbocycles. The highest BCUT2D eigenvalue weighted by Gasteiger charge is 2.38. The van der Waals surface area contributed by atoms with Gasteiger partial charge in [-0.2, -0.15) is 0 Å². The van der Waals surface area contributed by atoms with Gasteiger partial charge < -0.3 is 9.47 Å². The number of benzene rings is 2. The molecule has 1 aliphatic rings. The van der Waals surface area contributed by atoms with Crippen molar-refractivity contribution in [1.82, 2.24) is 4.98 Å². The summed E-state index contributed by atoms with van der Waals surface area (Å²) in [5, 5.41) is 11.0. The SMILES string of the molecule is COc1cc(/C=C2\SC(=N)[C@H](c3nccs3)C2=O)cc(Br)c1OCc1ccc(Br)cc1. The molecule has 1 aromatic heterocycles. The number of thiazole rings is 1. The van der Waals surface area contributed by atoms with Crippen LogP contribution in [-0.4, -0.2) is 22.9 Å². The predicted octanol–water partition coefficient (Wildman–Crippen LogP) is 6.67. The number of carbonyl (C=O) groups is 1. The molecule has 1 fully saturated rings. The van der Waals surface area contributed by atoms with Crippen LogP contribution in [0, 0.1) is 5.41 Å². The number of hydrogen-bond donors (Lipinski definition) is 1. The number of rotatable bonds is 6. The average Bonchev–Trinajstić information content (AvgIpc) is 3.36. The fourth-order valence-electron chi connectivity index (χ4n) is 3.04. The van der Waals surface area contributed by atoms with Gasteiger partial charge in [0.05, 0.1) is 21.5 Å². The molecule has 0 saturated carbocycles. The lowest BCUT2D eigenvalue weighted by Crippen LogP contribution is -2.11. The molecular weight excluding hydrogens is 564 g/mol. The van der Waals surface area contributed by atoms with Crippen molar-refractivity contribution in [2.45, 2.75) is 12.5 Å². The maximum Gasteiger partial charge on any atom is 0.186 e. The van der Waals surface area contributed by atoms with E-state index in [0.29, 0.717) is 33.1 Å². The van der Waals surface area contributed by atoms with Gasteiger partial charge in [0, 0.05) is 16.0 Å². The van der Waals surface area contributed by atoms with Gasteiger partial charge in [-0.25, -0.2) is 4.98 Å². The average molecular weight is 580 g/mol. The number of ketones is 1. The summed E-state index contributed by atoms with van der Waals surface area (Å²) < 4.78 is 13.3. The number of Topliss-reactive ketones (excluding diaryl/α,β-unsaturated/α-hetero) is 1. The van der Waals surface area contributed by atoms with Crippen LogP contribution in [0.4, 0.5) is 0 Å². The Morgan fingerprint density at radius 1 is 1.23 bits per heavy atom. The lowest BCUT2D eigenvalue weighted by Gasteiger charge is -2.14. The predicted molar refractivity (Wildman–Crippen MR) is 132 cm³/mol. The van der Waals surface area contributed by atoms with E-state index < -0.39 is 5.92 Å². The molecule has 1 saturated heterocycles. The number of methoxy groups -OCH3 is 1. The van der Waals surface area contributed by atoms with Crippen molar-refractivity contribution < 1.29 is 14.3 Å². The van der Waals surface area contributed by atoms with E-state index in [-0.39, 0.29) is 5.78 Å². The number of nitrogens with one attached hydrogen (secondary N) is 1. The number of aromatic nitrogens is 1. The van der Waals surface area contributed by atoms with Crippen LogP contribution in [0.5, 0.6) is 11.5 Å². The van der Waals surface area contributed by atoms with E-state index >= 15 is 0 Å². The van der Waals surface area contributed by atoms with Gasteiger partial charge in [-0.1, -0.05) is 39.8 Å². The minimum atomic E-state index is -0.602. The van der Waals surface area contributed by atoms with E-state index in [1.54, 1.807) is 19.4 Å². The highest BCUT2D eigenvalue weighted by molar-refractivity contribution is 9.10. The molecule has 2 aromatic carbocycles. The molecular formula is C22H16Br2N2O3S2. The van der Waals surface area contributed by atoms with Gasteiger partial charge in [0.15, 0.2) is 17.3 Å². The summed E-state index contributed by atoms with van der Waals surface area (Å²) in [6, 6.07) is 11.6. The molecule has 1 atom stereocenters. The number of thioether (sulfide) groups is 1. The third-order valence-corrected chi connectivity index (χ3v) is 7.48. The summed E-state index contributed by atoms with van der Waals surface area (Å²) >= 11 is 9.55. The van der Waals surface area contributed by atoms with Crippen molar-refractivity contribution in [2.75, 3.05) is 7.11 Å². The first-order chi connectivity index (χ1) is 15.0. The molecule has 1 aliphatic heterocycles. The Hall–Kier alpha value is -1.94. The second-order valence-corrected chi connectivity index (χ2v) is 10.4. The van der Waals surface area contributed by atoms with Crippen LogP contribution in [0.1, 0.15) is 22.1 Å². The van der Waals surface area contributed by atoms with E-state index in [2.05, 4.69) is 36.8 Å². The largest absolute Gasteiger partial charge is 0.493 e. The lowest BCUT2D eigenvalue weighted by atomic mass is 10.0. The molecule has 2 heterocycles. The van der Waals surface area contributed by atoms with Crippen LogP contribution in [0.3, 0.4) is 0 Å². The summed E-state index contributed by atoms with van der Waals surface area (Å²) in [7, 11) is 1.58. The highest BCUT2D eigenvalue weighted by atomic mass is 79.9. The normalized spacial score (nSPS) is 17.4. The molecule has 0 amide bonds. The molecule has 1 N–H and O–H groups in total. The molecule has 0 radical (unpaired) electrons. The Bertz CT molecular complexity index is 1160. The Balaban J connectivity index is 1.57. The van der Waals surface area contributed by atoms with E-state index in [0.717, 1.165) is 20.1 Å². The molecule has 4 rings (SSSR count). The number of allylic oxidation sites excluding steroid dienone is 1. The first-order valence-electron chi connectivity index (χ1n) is 9.12. The number of carbonyl (C=O) groups excluding carboxylic acids is 1. The van der Waals surface area contributed by atoms with Crippen molar-refractivity contribution in [2.24, 2.45) is 0 Å². The zero-order valence-electron chi connectivity index (χ0n) is 16.2. The number of ether oxygens (including phenoxy) is 2. The van der Waals surface area contributed by atoms with Crippen LogP contribution in [0.15, 0.2) is 61.8 Å². The molecule has 3 aromatic rings. The molecule has 9 heteroatoms. The summed E-state index contributed by atoms with van der Waals surface area (Å²) in [4.78, 5) is 17.6. The van der Waals surface area contributed by atoms with Gasteiger partial charge in [-0.15, -0.1) is 11.3 Å². The van der Waals surface area contributed by atoms with Crippen molar-refractivity contribution in [3.05, 3.63) is 78.0 Å². The maximum absolute atomic E-state index is 12.9. The zero-order chi connectivity index (χ0) is 22.0. The summed E-state index contributed by atoms with van der Waals surface area (Å²) in [5.41, 5.74) is 1.81. The van der Waals surface area contributed by atoms with Crippen LogP contribution in [0.2, 0.25) is 0 Å². The molecule has 158 valence electrons. The first-order valence-corrected chi connectivity index (χ1v) is 12.4. The molecule has 0 bridgehead atoms. The summed E-state index contributed by atoms with van der Waals surface area (Å²) in [5.74, 6) is 0.442. The van der Waals surface area contributed by atoms with Crippen molar-refractivity contribution in [3.63, 3.8) is 0 Å². The van der Waals surface area contributed by atoms with Gasteiger partial charge in [0.25, 0.3) is 0 Å². The molecule has 0 unspecified atom stereocenters. The standard InChI is InChI=1S/C22H16Br2N2O3S2/c1-28-16-9-13(8-15(24)20(16)29-11-12-2-4-14(23)5-3-12)10-17-19(27)18(21(25)31-17)22-26-6-7-30-22/h2-10,18,25H,11H2,1H3/b17-10-,25-21?/t18-/m1/s1. The monoisotopic (exact) mass is 578 g/mol. The van der Waals surface area contributed by atoms with Gasteiger partial charge in [0.2, 0.25) is 0 Å². The van der Waals surface area contributed by atoms with E-state index in [9.17, 15) is 4.79 Å². The van der Waals surface area contributed by atoms with Crippen LogP contribution in [0.25, 0.3) is 6.08 Å². The third kappa shape index (κ3) is 4.95. The minimum absolute atomic E-state index is 0.101. The minimum Gasteiger partial charge on any atom is -0.493 e. The summed E-state index contributed by atoms with van der Waals surface area (Å²) in [6.45, 7) is 0.393. The summed E-state index contributed by atoms with van der Waals surface area (Å²) in [6.07, 6.45) is 3.43. The van der Waals surface area contributed by atoms with Gasteiger partial charge >= 0.3 is 0 Å². The van der Waals surface area contributed by atoms with E-state index in [1.807, 2.05) is 41.8 Å². The Labute approximate surface area is 204 Å². The fraction of sp³-hybridized carbons (Fsp3) is 0.136.